The number of carbonyl (C=O) groups excluding carboxylic acids is 4. The molecule has 0 atom stereocenters. The van der Waals surface area contributed by atoms with E-state index in [0.717, 1.165) is 15.1 Å². The summed E-state index contributed by atoms with van der Waals surface area (Å²) in [6.07, 6.45) is 0.374. The highest BCUT2D eigenvalue weighted by atomic mass is 32.1. The molecule has 0 saturated carbocycles. The number of amides is 3. The molecule has 0 spiro atoms. The minimum absolute atomic E-state index is 0.0912. The Kier molecular flexibility index (Phi) is 6.87. The quantitative estimate of drug-likeness (QED) is 0.379. The van der Waals surface area contributed by atoms with E-state index >= 15 is 0 Å². The van der Waals surface area contributed by atoms with E-state index in [1.54, 1.807) is 29.7 Å². The summed E-state index contributed by atoms with van der Waals surface area (Å²) < 4.78 is 13.1. The van der Waals surface area contributed by atoms with Crippen molar-refractivity contribution in [2.24, 2.45) is 4.99 Å². The third-order valence-corrected chi connectivity index (χ3v) is 6.22. The molecule has 0 unspecified atom stereocenters. The summed E-state index contributed by atoms with van der Waals surface area (Å²) in [7, 11) is 0. The Morgan fingerprint density at radius 2 is 1.71 bits per heavy atom. The first-order valence-corrected chi connectivity index (χ1v) is 11.7. The third-order valence-electron chi connectivity index (χ3n) is 5.18. The number of nitrogens with zero attached hydrogens (tertiary/aromatic N) is 3. The molecule has 0 bridgehead atoms. The Balaban J connectivity index is 1.69. The van der Waals surface area contributed by atoms with Gasteiger partial charge >= 0.3 is 5.97 Å². The Hall–Kier alpha value is -3.79. The SMILES string of the molecule is CCOC(=O)Cn1c(=NC(=O)c2ccc(N3C(=O)CCC3=O)cc2)sc2cc(OCC)ccc21. The Morgan fingerprint density at radius 3 is 2.35 bits per heavy atom. The third kappa shape index (κ3) is 4.76. The molecule has 34 heavy (non-hydrogen) atoms. The monoisotopic (exact) mass is 481 g/mol. The lowest BCUT2D eigenvalue weighted by atomic mass is 10.2. The minimum Gasteiger partial charge on any atom is -0.494 e. The van der Waals surface area contributed by atoms with Gasteiger partial charge in [0.1, 0.15) is 12.3 Å². The molecule has 0 aliphatic carbocycles. The summed E-state index contributed by atoms with van der Waals surface area (Å²) in [6, 6.07) is 11.6. The van der Waals surface area contributed by atoms with Gasteiger partial charge in [0.2, 0.25) is 11.8 Å². The summed E-state index contributed by atoms with van der Waals surface area (Å²) in [6.45, 7) is 4.28. The van der Waals surface area contributed by atoms with E-state index in [1.165, 1.54) is 23.5 Å². The van der Waals surface area contributed by atoms with Crippen LogP contribution in [-0.2, 0) is 25.7 Å². The van der Waals surface area contributed by atoms with Gasteiger partial charge in [0.05, 0.1) is 29.1 Å². The second kappa shape index (κ2) is 10.0. The number of hydrogen-bond donors (Lipinski definition) is 0. The van der Waals surface area contributed by atoms with E-state index in [-0.39, 0.29) is 43.4 Å². The first-order chi connectivity index (χ1) is 16.4. The van der Waals surface area contributed by atoms with Gasteiger partial charge in [-0.15, -0.1) is 0 Å². The molecule has 1 aromatic heterocycles. The summed E-state index contributed by atoms with van der Waals surface area (Å²) >= 11 is 1.26. The maximum absolute atomic E-state index is 12.9. The van der Waals surface area contributed by atoms with Gasteiger partial charge in [0, 0.05) is 18.4 Å². The van der Waals surface area contributed by atoms with Gasteiger partial charge in [-0.05, 0) is 56.3 Å². The van der Waals surface area contributed by atoms with E-state index in [1.807, 2.05) is 19.1 Å². The summed E-state index contributed by atoms with van der Waals surface area (Å²) in [4.78, 5) is 54.7. The Bertz CT molecular complexity index is 1320. The smallest absolute Gasteiger partial charge is 0.326 e. The summed E-state index contributed by atoms with van der Waals surface area (Å²) in [5, 5.41) is 0. The number of hydrogen-bond acceptors (Lipinski definition) is 7. The molecule has 1 aliphatic heterocycles. The number of imide groups is 1. The van der Waals surface area contributed by atoms with Crippen LogP contribution in [0, 0.1) is 0 Å². The first-order valence-electron chi connectivity index (χ1n) is 10.9. The highest BCUT2D eigenvalue weighted by molar-refractivity contribution is 7.16. The number of fused-ring (bicyclic) bond motifs is 1. The van der Waals surface area contributed by atoms with Crippen LogP contribution in [0.25, 0.3) is 10.2 Å². The maximum Gasteiger partial charge on any atom is 0.326 e. The standard InChI is InChI=1S/C24H23N3O6S/c1-3-32-17-9-10-18-19(13-17)34-24(26(18)14-22(30)33-4-2)25-23(31)15-5-7-16(8-6-15)27-20(28)11-12-21(27)29/h5-10,13H,3-4,11-12,14H2,1-2H3. The van der Waals surface area contributed by atoms with Crippen molar-refractivity contribution >= 4 is 50.9 Å². The molecular formula is C24H23N3O6S. The van der Waals surface area contributed by atoms with E-state index in [4.69, 9.17) is 9.47 Å². The number of benzene rings is 2. The van der Waals surface area contributed by atoms with Crippen molar-refractivity contribution in [3.05, 3.63) is 52.8 Å². The molecule has 3 aromatic rings. The molecule has 9 nitrogen and oxygen atoms in total. The first kappa shape index (κ1) is 23.4. The number of rotatable bonds is 7. The van der Waals surface area contributed by atoms with Crippen molar-refractivity contribution in [1.29, 1.82) is 0 Å². The zero-order chi connectivity index (χ0) is 24.2. The number of carbonyl (C=O) groups is 4. The fourth-order valence-corrected chi connectivity index (χ4v) is 4.71. The average molecular weight is 482 g/mol. The fraction of sp³-hybridized carbons (Fsp3) is 0.292. The van der Waals surface area contributed by atoms with Crippen molar-refractivity contribution in [1.82, 2.24) is 4.57 Å². The molecule has 176 valence electrons. The maximum atomic E-state index is 12.9. The second-order valence-electron chi connectivity index (χ2n) is 7.43. The molecule has 0 radical (unpaired) electrons. The van der Waals surface area contributed by atoms with Crippen LogP contribution >= 0.6 is 11.3 Å². The lowest BCUT2D eigenvalue weighted by Crippen LogP contribution is -2.28. The largest absolute Gasteiger partial charge is 0.494 e. The van der Waals surface area contributed by atoms with Crippen molar-refractivity contribution < 1.29 is 28.7 Å². The number of anilines is 1. The van der Waals surface area contributed by atoms with Crippen LogP contribution in [0.5, 0.6) is 5.75 Å². The molecule has 2 aromatic carbocycles. The fourth-order valence-electron chi connectivity index (χ4n) is 3.65. The van der Waals surface area contributed by atoms with Crippen molar-refractivity contribution in [2.45, 2.75) is 33.2 Å². The van der Waals surface area contributed by atoms with Crippen molar-refractivity contribution in [3.8, 4) is 5.75 Å². The molecule has 1 fully saturated rings. The molecule has 0 N–H and O–H groups in total. The van der Waals surface area contributed by atoms with Crippen LogP contribution in [0.15, 0.2) is 47.5 Å². The van der Waals surface area contributed by atoms with E-state index in [0.29, 0.717) is 22.8 Å². The molecule has 10 heteroatoms. The Morgan fingerprint density at radius 1 is 1.00 bits per heavy atom. The predicted octanol–water partition coefficient (Wildman–Crippen LogP) is 3.06. The van der Waals surface area contributed by atoms with Gasteiger partial charge < -0.3 is 14.0 Å². The van der Waals surface area contributed by atoms with E-state index in [2.05, 4.69) is 4.99 Å². The highest BCUT2D eigenvalue weighted by Crippen LogP contribution is 2.25. The van der Waals surface area contributed by atoms with Gasteiger partial charge in [0.25, 0.3) is 5.91 Å². The normalized spacial score (nSPS) is 14.2. The van der Waals surface area contributed by atoms with Gasteiger partial charge in [-0.2, -0.15) is 4.99 Å². The lowest BCUT2D eigenvalue weighted by Gasteiger charge is -2.13. The predicted molar refractivity (Wildman–Crippen MR) is 126 cm³/mol. The molecule has 3 amide bonds. The average Bonchev–Trinajstić information content (AvgIpc) is 3.32. The van der Waals surface area contributed by atoms with Gasteiger partial charge in [-0.25, -0.2) is 0 Å². The van der Waals surface area contributed by atoms with Gasteiger partial charge in [-0.1, -0.05) is 11.3 Å². The minimum atomic E-state index is -0.514. The summed E-state index contributed by atoms with van der Waals surface area (Å²) in [5.74, 6) is -0.788. The zero-order valence-electron chi connectivity index (χ0n) is 18.8. The number of esters is 1. The van der Waals surface area contributed by atoms with E-state index in [9.17, 15) is 19.2 Å². The van der Waals surface area contributed by atoms with Crippen LogP contribution in [0.4, 0.5) is 5.69 Å². The Labute approximate surface area is 199 Å². The van der Waals surface area contributed by atoms with Crippen molar-refractivity contribution in [3.63, 3.8) is 0 Å². The second-order valence-corrected chi connectivity index (χ2v) is 8.43. The van der Waals surface area contributed by atoms with Gasteiger partial charge in [0.15, 0.2) is 4.80 Å². The molecular weight excluding hydrogens is 458 g/mol. The topological polar surface area (TPSA) is 107 Å². The van der Waals surface area contributed by atoms with Crippen molar-refractivity contribution in [2.75, 3.05) is 18.1 Å². The number of thiazole rings is 1. The van der Waals surface area contributed by atoms with E-state index < -0.39 is 11.9 Å². The van der Waals surface area contributed by atoms with Crippen LogP contribution in [0.2, 0.25) is 0 Å². The number of ether oxygens (including phenoxy) is 2. The molecule has 1 saturated heterocycles. The summed E-state index contributed by atoms with van der Waals surface area (Å²) in [5.41, 5.74) is 1.44. The van der Waals surface area contributed by atoms with Crippen LogP contribution in [0.1, 0.15) is 37.0 Å². The van der Waals surface area contributed by atoms with Crippen LogP contribution in [-0.4, -0.2) is 41.5 Å². The molecule has 2 heterocycles. The molecule has 1 aliphatic rings. The van der Waals surface area contributed by atoms with Crippen LogP contribution in [0.3, 0.4) is 0 Å². The zero-order valence-corrected chi connectivity index (χ0v) is 19.6. The van der Waals surface area contributed by atoms with Crippen LogP contribution < -0.4 is 14.4 Å². The molecule has 4 rings (SSSR count). The number of aromatic nitrogens is 1. The lowest BCUT2D eigenvalue weighted by molar-refractivity contribution is -0.143. The highest BCUT2D eigenvalue weighted by Gasteiger charge is 2.30. The van der Waals surface area contributed by atoms with Gasteiger partial charge in [-0.3, -0.25) is 24.1 Å².